The number of nitrogens with one attached hydrogen (secondary N) is 3. The van der Waals surface area contributed by atoms with Crippen molar-refractivity contribution in [2.45, 2.75) is 13.3 Å². The molecule has 1 aliphatic heterocycles. The highest BCUT2D eigenvalue weighted by Gasteiger charge is 2.17. The first-order chi connectivity index (χ1) is 13.0. The van der Waals surface area contributed by atoms with E-state index in [0.717, 1.165) is 22.6 Å². The van der Waals surface area contributed by atoms with Gasteiger partial charge in [0, 0.05) is 17.4 Å². The minimum absolute atomic E-state index is 0.121. The number of likely N-dealkylation sites (N-methyl/N-ethyl adjacent to an activating group) is 1. The smallest absolute Gasteiger partial charge is 0.279 e. The summed E-state index contributed by atoms with van der Waals surface area (Å²) in [6.07, 6.45) is 0.844. The van der Waals surface area contributed by atoms with Gasteiger partial charge in [0.1, 0.15) is 0 Å². The Hall–Kier alpha value is -3.06. The van der Waals surface area contributed by atoms with Crippen LogP contribution in [0.2, 0.25) is 0 Å². The Bertz CT molecular complexity index is 838. The summed E-state index contributed by atoms with van der Waals surface area (Å²) in [5, 5.41) is 5.74. The van der Waals surface area contributed by atoms with Gasteiger partial charge in [-0.05, 0) is 30.2 Å². The average molecular weight is 370 g/mol. The van der Waals surface area contributed by atoms with E-state index in [0.29, 0.717) is 17.2 Å². The Balaban J connectivity index is 1.49. The molecule has 0 fully saturated rings. The molecule has 142 valence electrons. The highest BCUT2D eigenvalue weighted by atomic mass is 16.7. The van der Waals surface area contributed by atoms with Gasteiger partial charge < -0.3 is 25.0 Å². The van der Waals surface area contributed by atoms with Gasteiger partial charge >= 0.3 is 0 Å². The number of rotatable bonds is 7. The van der Waals surface area contributed by atoms with Crippen LogP contribution in [0, 0.1) is 0 Å². The summed E-state index contributed by atoms with van der Waals surface area (Å²) in [7, 11) is 1.81. The van der Waals surface area contributed by atoms with Crippen LogP contribution in [0.4, 0.5) is 11.4 Å². The molecule has 0 aliphatic carbocycles. The van der Waals surface area contributed by atoms with Crippen LogP contribution in [-0.2, 0) is 16.0 Å². The number of amides is 2. The molecule has 1 heterocycles. The zero-order valence-electron chi connectivity index (χ0n) is 15.5. The van der Waals surface area contributed by atoms with Gasteiger partial charge in [0.2, 0.25) is 6.79 Å². The van der Waals surface area contributed by atoms with Crippen molar-refractivity contribution in [2.75, 3.05) is 37.6 Å². The van der Waals surface area contributed by atoms with Crippen molar-refractivity contribution in [3.63, 3.8) is 0 Å². The lowest BCUT2D eigenvalue weighted by atomic mass is 10.1. The molecule has 0 spiro atoms. The van der Waals surface area contributed by atoms with Gasteiger partial charge in [0.25, 0.3) is 11.8 Å². The number of anilines is 2. The van der Waals surface area contributed by atoms with Gasteiger partial charge in [-0.3, -0.25) is 9.59 Å². The first-order valence-corrected chi connectivity index (χ1v) is 8.93. The Morgan fingerprint density at radius 2 is 1.70 bits per heavy atom. The van der Waals surface area contributed by atoms with Crippen LogP contribution in [0.15, 0.2) is 42.5 Å². The van der Waals surface area contributed by atoms with E-state index in [1.165, 1.54) is 0 Å². The summed E-state index contributed by atoms with van der Waals surface area (Å²) < 4.78 is 10.5. The van der Waals surface area contributed by atoms with Gasteiger partial charge in [-0.1, -0.05) is 25.1 Å². The fraction of sp³-hybridized carbons (Fsp3) is 0.300. The SMILES string of the molecule is CCc1ccccc1NC(=O)C[NH+](C)CC(=O)Nc1ccc2c(c1)OCO2. The van der Waals surface area contributed by atoms with Crippen LogP contribution in [0.1, 0.15) is 12.5 Å². The number of benzene rings is 2. The summed E-state index contributed by atoms with van der Waals surface area (Å²) in [5.41, 5.74) is 2.55. The van der Waals surface area contributed by atoms with Crippen molar-refractivity contribution >= 4 is 23.2 Å². The van der Waals surface area contributed by atoms with Gasteiger partial charge in [0.15, 0.2) is 24.6 Å². The van der Waals surface area contributed by atoms with Crippen molar-refractivity contribution in [1.82, 2.24) is 0 Å². The molecule has 3 rings (SSSR count). The lowest BCUT2D eigenvalue weighted by Gasteiger charge is -2.15. The number of fused-ring (bicyclic) bond motifs is 1. The fourth-order valence-electron chi connectivity index (χ4n) is 2.94. The summed E-state index contributed by atoms with van der Waals surface area (Å²) >= 11 is 0. The Morgan fingerprint density at radius 3 is 2.48 bits per heavy atom. The molecule has 1 aliphatic rings. The van der Waals surface area contributed by atoms with Gasteiger partial charge in [-0.15, -0.1) is 0 Å². The molecule has 0 radical (unpaired) electrons. The summed E-state index contributed by atoms with van der Waals surface area (Å²) in [5.74, 6) is 0.986. The number of hydrogen-bond donors (Lipinski definition) is 3. The van der Waals surface area contributed by atoms with Crippen molar-refractivity contribution in [3.8, 4) is 11.5 Å². The first kappa shape index (κ1) is 18.7. The highest BCUT2D eigenvalue weighted by Crippen LogP contribution is 2.34. The molecule has 2 aromatic carbocycles. The number of carbonyl (C=O) groups is 2. The molecule has 2 amide bonds. The quantitative estimate of drug-likeness (QED) is 0.681. The van der Waals surface area contributed by atoms with Crippen molar-refractivity contribution in [2.24, 2.45) is 0 Å². The summed E-state index contributed by atoms with van der Waals surface area (Å²) in [4.78, 5) is 25.3. The second kappa shape index (κ2) is 8.55. The van der Waals surface area contributed by atoms with E-state index in [1.54, 1.807) is 18.2 Å². The molecule has 2 aromatic rings. The predicted octanol–water partition coefficient (Wildman–Crippen LogP) is 1.07. The highest BCUT2D eigenvalue weighted by molar-refractivity contribution is 5.93. The monoisotopic (exact) mass is 370 g/mol. The maximum Gasteiger partial charge on any atom is 0.279 e. The van der Waals surface area contributed by atoms with E-state index in [2.05, 4.69) is 10.6 Å². The van der Waals surface area contributed by atoms with E-state index in [4.69, 9.17) is 9.47 Å². The van der Waals surface area contributed by atoms with E-state index >= 15 is 0 Å². The molecule has 27 heavy (non-hydrogen) atoms. The number of aryl methyl sites for hydroxylation is 1. The van der Waals surface area contributed by atoms with Crippen LogP contribution in [-0.4, -0.2) is 38.7 Å². The minimum atomic E-state index is -0.173. The number of ether oxygens (including phenoxy) is 2. The van der Waals surface area contributed by atoms with Gasteiger partial charge in [-0.2, -0.15) is 0 Å². The largest absolute Gasteiger partial charge is 0.454 e. The third kappa shape index (κ3) is 4.98. The molecule has 0 aromatic heterocycles. The van der Waals surface area contributed by atoms with E-state index < -0.39 is 0 Å². The first-order valence-electron chi connectivity index (χ1n) is 8.93. The molecular formula is C20H24N3O4+. The van der Waals surface area contributed by atoms with Crippen LogP contribution in [0.3, 0.4) is 0 Å². The van der Waals surface area contributed by atoms with Crippen molar-refractivity contribution < 1.29 is 24.0 Å². The van der Waals surface area contributed by atoms with Gasteiger partial charge in [0.05, 0.1) is 7.05 Å². The number of quaternary nitrogens is 1. The lowest BCUT2D eigenvalue weighted by Crippen LogP contribution is -3.11. The third-order valence-corrected chi connectivity index (χ3v) is 4.25. The van der Waals surface area contributed by atoms with Gasteiger partial charge in [-0.25, -0.2) is 0 Å². The normalized spacial score (nSPS) is 13.1. The molecule has 3 N–H and O–H groups in total. The zero-order chi connectivity index (χ0) is 19.2. The average Bonchev–Trinajstić information content (AvgIpc) is 3.09. The van der Waals surface area contributed by atoms with Crippen molar-refractivity contribution in [1.29, 1.82) is 0 Å². The zero-order valence-corrected chi connectivity index (χ0v) is 15.5. The second-order valence-electron chi connectivity index (χ2n) is 6.49. The number of hydrogen-bond acceptors (Lipinski definition) is 4. The maximum atomic E-state index is 12.3. The third-order valence-electron chi connectivity index (χ3n) is 4.25. The molecule has 0 saturated heterocycles. The lowest BCUT2D eigenvalue weighted by molar-refractivity contribution is -0.862. The minimum Gasteiger partial charge on any atom is -0.454 e. The standard InChI is InChI=1S/C20H23N3O4/c1-3-14-6-4-5-7-16(14)22-20(25)12-23(2)11-19(24)21-15-8-9-17-18(10-15)27-13-26-17/h4-10H,3,11-13H2,1-2H3,(H,21,24)(H,22,25)/p+1. The second-order valence-corrected chi connectivity index (χ2v) is 6.49. The van der Waals surface area contributed by atoms with Crippen LogP contribution < -0.4 is 25.0 Å². The van der Waals surface area contributed by atoms with Crippen LogP contribution in [0.25, 0.3) is 0 Å². The molecule has 1 atom stereocenters. The predicted molar refractivity (Wildman–Crippen MR) is 102 cm³/mol. The molecule has 0 bridgehead atoms. The van der Waals surface area contributed by atoms with E-state index in [-0.39, 0.29) is 31.7 Å². The van der Waals surface area contributed by atoms with E-state index in [1.807, 2.05) is 38.2 Å². The topological polar surface area (TPSA) is 81.1 Å². The molecule has 7 heteroatoms. The maximum absolute atomic E-state index is 12.3. The van der Waals surface area contributed by atoms with Crippen molar-refractivity contribution in [3.05, 3.63) is 48.0 Å². The Morgan fingerprint density at radius 1 is 1.00 bits per heavy atom. The number of carbonyl (C=O) groups excluding carboxylic acids is 2. The fourth-order valence-corrected chi connectivity index (χ4v) is 2.94. The van der Waals surface area contributed by atoms with Crippen LogP contribution >= 0.6 is 0 Å². The Kier molecular flexibility index (Phi) is 5.93. The van der Waals surface area contributed by atoms with E-state index in [9.17, 15) is 9.59 Å². The molecule has 7 nitrogen and oxygen atoms in total. The molecule has 0 saturated carbocycles. The molecular weight excluding hydrogens is 346 g/mol. The summed E-state index contributed by atoms with van der Waals surface area (Å²) in [6, 6.07) is 13.0. The number of para-hydroxylation sites is 1. The van der Waals surface area contributed by atoms with Crippen LogP contribution in [0.5, 0.6) is 11.5 Å². The summed E-state index contributed by atoms with van der Waals surface area (Å²) in [6.45, 7) is 2.61. The molecule has 1 unspecified atom stereocenters. The Labute approximate surface area is 158 Å².